The Morgan fingerprint density at radius 3 is 1.05 bits per heavy atom. The summed E-state index contributed by atoms with van der Waals surface area (Å²) >= 11 is 0. The molecule has 0 heterocycles. The van der Waals surface area contributed by atoms with Crippen LogP contribution >= 0.6 is 0 Å². The second kappa shape index (κ2) is 28.3. The molecule has 6 nitrogen and oxygen atoms in total. The number of unbranched alkanes of at least 4 members (excludes halogenated alkanes) is 14. The molecule has 0 rings (SSSR count). The standard InChI is InChI=1S/C37H74N2O4/c1-9-13-17-19-21-25-29-34(27-23-15-11-3)32(5)42-38(7)36(40)31-37(41)39(8)43-33(6)35(28-24-16-12-4)30-26-22-20-18-14-10-2/h32-35H,9-31H2,1-8H3. The summed E-state index contributed by atoms with van der Waals surface area (Å²) in [4.78, 5) is 38.2. The lowest BCUT2D eigenvalue weighted by Crippen LogP contribution is -2.39. The quantitative estimate of drug-likeness (QED) is 0.0461. The Balaban J connectivity index is 4.84. The van der Waals surface area contributed by atoms with Crippen LogP contribution in [0.2, 0.25) is 0 Å². The molecule has 0 aromatic heterocycles. The number of hydrogen-bond donors (Lipinski definition) is 0. The first-order chi connectivity index (χ1) is 20.7. The van der Waals surface area contributed by atoms with Crippen molar-refractivity contribution in [3.05, 3.63) is 0 Å². The van der Waals surface area contributed by atoms with Gasteiger partial charge in [-0.1, -0.05) is 143 Å². The molecule has 0 radical (unpaired) electrons. The van der Waals surface area contributed by atoms with Crippen LogP contribution in [-0.2, 0) is 19.3 Å². The highest BCUT2D eigenvalue weighted by molar-refractivity contribution is 5.95. The highest BCUT2D eigenvalue weighted by atomic mass is 16.7. The zero-order valence-electron chi connectivity index (χ0n) is 30.1. The average molecular weight is 611 g/mol. The molecule has 0 saturated heterocycles. The molecular weight excluding hydrogens is 536 g/mol. The molecule has 0 bridgehead atoms. The first-order valence-electron chi connectivity index (χ1n) is 18.6. The van der Waals surface area contributed by atoms with Gasteiger partial charge in [0.2, 0.25) is 0 Å². The third-order valence-electron chi connectivity index (χ3n) is 9.20. The van der Waals surface area contributed by atoms with Gasteiger partial charge in [-0.25, -0.2) is 10.1 Å². The molecule has 43 heavy (non-hydrogen) atoms. The molecule has 6 heteroatoms. The minimum atomic E-state index is -0.321. The van der Waals surface area contributed by atoms with Gasteiger partial charge in [0.1, 0.15) is 6.42 Å². The predicted molar refractivity (Wildman–Crippen MR) is 183 cm³/mol. The Kier molecular flexibility index (Phi) is 27.6. The van der Waals surface area contributed by atoms with Crippen LogP contribution < -0.4 is 0 Å². The maximum absolute atomic E-state index is 13.0. The van der Waals surface area contributed by atoms with Gasteiger partial charge >= 0.3 is 0 Å². The first kappa shape index (κ1) is 41.9. The van der Waals surface area contributed by atoms with Gasteiger partial charge in [-0.3, -0.25) is 19.3 Å². The SMILES string of the molecule is CCCCCCCCC(CCCCC)C(C)ON(C)C(=O)CC(=O)N(C)OC(C)C(CCCCC)CCCCCCCC. The van der Waals surface area contributed by atoms with Gasteiger partial charge < -0.3 is 0 Å². The van der Waals surface area contributed by atoms with Crippen molar-refractivity contribution in [1.82, 2.24) is 10.1 Å². The number of carbonyl (C=O) groups excluding carboxylic acids is 2. The Labute approximate surface area is 268 Å². The van der Waals surface area contributed by atoms with Crippen LogP contribution in [0.4, 0.5) is 0 Å². The molecule has 0 aliphatic heterocycles. The van der Waals surface area contributed by atoms with E-state index in [4.69, 9.17) is 9.68 Å². The summed E-state index contributed by atoms with van der Waals surface area (Å²) in [5.41, 5.74) is 0. The van der Waals surface area contributed by atoms with Gasteiger partial charge in [0.05, 0.1) is 12.2 Å². The fraction of sp³-hybridized carbons (Fsp3) is 0.946. The molecule has 0 aliphatic rings. The van der Waals surface area contributed by atoms with E-state index in [1.54, 1.807) is 14.1 Å². The van der Waals surface area contributed by atoms with E-state index in [1.807, 2.05) is 0 Å². The number of rotatable bonds is 30. The summed E-state index contributed by atoms with van der Waals surface area (Å²) in [6.45, 7) is 13.1. The first-order valence-corrected chi connectivity index (χ1v) is 18.6. The second-order valence-electron chi connectivity index (χ2n) is 13.2. The van der Waals surface area contributed by atoms with E-state index in [9.17, 15) is 9.59 Å². The van der Waals surface area contributed by atoms with Crippen LogP contribution in [0.15, 0.2) is 0 Å². The van der Waals surface area contributed by atoms with Crippen LogP contribution in [0.5, 0.6) is 0 Å². The minimum absolute atomic E-state index is 0.0589. The number of carbonyl (C=O) groups is 2. The molecule has 0 aromatic rings. The number of amides is 2. The zero-order chi connectivity index (χ0) is 32.3. The lowest BCUT2D eigenvalue weighted by molar-refractivity contribution is -0.213. The minimum Gasteiger partial charge on any atom is -0.272 e. The fourth-order valence-electron chi connectivity index (χ4n) is 6.05. The predicted octanol–water partition coefficient (Wildman–Crippen LogP) is 10.8. The van der Waals surface area contributed by atoms with Crippen molar-refractivity contribution < 1.29 is 19.3 Å². The van der Waals surface area contributed by atoms with E-state index < -0.39 is 0 Å². The highest BCUT2D eigenvalue weighted by Gasteiger charge is 2.26. The van der Waals surface area contributed by atoms with Crippen LogP contribution in [0.25, 0.3) is 0 Å². The third-order valence-corrected chi connectivity index (χ3v) is 9.20. The lowest BCUT2D eigenvalue weighted by atomic mass is 9.90. The van der Waals surface area contributed by atoms with Crippen molar-refractivity contribution in [3.8, 4) is 0 Å². The summed E-state index contributed by atoms with van der Waals surface area (Å²) in [6.07, 6.45) is 26.8. The largest absolute Gasteiger partial charge is 0.272 e. The summed E-state index contributed by atoms with van der Waals surface area (Å²) in [5.74, 6) is 0.204. The van der Waals surface area contributed by atoms with Crippen molar-refractivity contribution >= 4 is 11.8 Å². The van der Waals surface area contributed by atoms with Gasteiger partial charge in [0.15, 0.2) is 0 Å². The molecule has 0 saturated carbocycles. The van der Waals surface area contributed by atoms with E-state index in [-0.39, 0.29) is 30.4 Å². The van der Waals surface area contributed by atoms with Crippen molar-refractivity contribution in [3.63, 3.8) is 0 Å². The van der Waals surface area contributed by atoms with E-state index in [0.29, 0.717) is 11.8 Å². The lowest BCUT2D eigenvalue weighted by Gasteiger charge is -2.30. The topological polar surface area (TPSA) is 59.1 Å². The van der Waals surface area contributed by atoms with Gasteiger partial charge in [0.25, 0.3) is 11.8 Å². The van der Waals surface area contributed by atoms with Gasteiger partial charge in [-0.2, -0.15) is 0 Å². The molecule has 0 fully saturated rings. The molecule has 0 N–H and O–H groups in total. The normalized spacial score (nSPS) is 14.3. The van der Waals surface area contributed by atoms with Gasteiger partial charge in [0, 0.05) is 14.1 Å². The fourth-order valence-corrected chi connectivity index (χ4v) is 6.05. The smallest absolute Gasteiger partial charge is 0.255 e. The molecule has 0 aromatic carbocycles. The number of hydroxylamine groups is 4. The summed E-state index contributed by atoms with van der Waals surface area (Å²) in [7, 11) is 3.29. The van der Waals surface area contributed by atoms with Crippen LogP contribution in [0.3, 0.4) is 0 Å². The van der Waals surface area contributed by atoms with Crippen molar-refractivity contribution in [2.75, 3.05) is 14.1 Å². The van der Waals surface area contributed by atoms with E-state index in [0.717, 1.165) is 25.7 Å². The average Bonchev–Trinajstić information content (AvgIpc) is 2.98. The van der Waals surface area contributed by atoms with E-state index in [2.05, 4.69) is 41.5 Å². The molecule has 256 valence electrons. The van der Waals surface area contributed by atoms with Gasteiger partial charge in [-0.05, 0) is 51.4 Å². The Morgan fingerprint density at radius 1 is 0.465 bits per heavy atom. The summed E-state index contributed by atoms with van der Waals surface area (Å²) < 4.78 is 0. The maximum Gasteiger partial charge on any atom is 0.255 e. The number of hydrogen-bond acceptors (Lipinski definition) is 4. The summed E-state index contributed by atoms with van der Waals surface area (Å²) in [6, 6.07) is 0. The Morgan fingerprint density at radius 2 is 0.721 bits per heavy atom. The van der Waals surface area contributed by atoms with Gasteiger partial charge in [-0.15, -0.1) is 0 Å². The van der Waals surface area contributed by atoms with Crippen LogP contribution in [0, 0.1) is 11.8 Å². The molecule has 0 aliphatic carbocycles. The molecule has 4 unspecified atom stereocenters. The van der Waals surface area contributed by atoms with E-state index in [1.165, 1.54) is 126 Å². The number of nitrogens with zero attached hydrogens (tertiary/aromatic N) is 2. The monoisotopic (exact) mass is 611 g/mol. The summed E-state index contributed by atoms with van der Waals surface area (Å²) in [5, 5.41) is 2.58. The van der Waals surface area contributed by atoms with Crippen LogP contribution in [0.1, 0.15) is 189 Å². The Hall–Kier alpha value is -1.14. The van der Waals surface area contributed by atoms with E-state index >= 15 is 0 Å². The molecule has 0 spiro atoms. The zero-order valence-corrected chi connectivity index (χ0v) is 30.1. The van der Waals surface area contributed by atoms with Crippen molar-refractivity contribution in [2.24, 2.45) is 11.8 Å². The van der Waals surface area contributed by atoms with Crippen molar-refractivity contribution in [1.29, 1.82) is 0 Å². The second-order valence-corrected chi connectivity index (χ2v) is 13.2. The third kappa shape index (κ3) is 22.1. The highest BCUT2D eigenvalue weighted by Crippen LogP contribution is 2.26. The molecule has 4 atom stereocenters. The molecular formula is C37H74N2O4. The molecule has 2 amide bonds. The van der Waals surface area contributed by atoms with Crippen LogP contribution in [-0.4, -0.2) is 48.2 Å². The maximum atomic E-state index is 13.0. The Bertz CT molecular complexity index is 605. The van der Waals surface area contributed by atoms with Crippen molar-refractivity contribution in [2.45, 2.75) is 201 Å².